The van der Waals surface area contributed by atoms with E-state index in [2.05, 4.69) is 34.2 Å². The lowest BCUT2D eigenvalue weighted by atomic mass is 9.97. The van der Waals surface area contributed by atoms with Crippen LogP contribution in [0.15, 0.2) is 4.99 Å². The first-order valence-corrected chi connectivity index (χ1v) is 9.12. The Morgan fingerprint density at radius 2 is 1.96 bits per heavy atom. The maximum Gasteiger partial charge on any atom is 0.308 e. The second kappa shape index (κ2) is 10.7. The number of nitrogens with zero attached hydrogens (tertiary/aromatic N) is 4. The quantitative estimate of drug-likeness (QED) is 0.305. The van der Waals surface area contributed by atoms with Gasteiger partial charge in [-0.2, -0.15) is 5.10 Å². The summed E-state index contributed by atoms with van der Waals surface area (Å²) in [6.45, 7) is 6.65. The molecule has 1 aromatic rings. The molecule has 0 bridgehead atoms. The zero-order chi connectivity index (χ0) is 18.4. The van der Waals surface area contributed by atoms with Crippen molar-refractivity contribution in [3.63, 3.8) is 0 Å². The topological polar surface area (TPSA) is 71.8 Å². The van der Waals surface area contributed by atoms with Gasteiger partial charge in [0.25, 0.3) is 0 Å². The lowest BCUT2D eigenvalue weighted by molar-refractivity contribution is -0.146. The first-order chi connectivity index (χ1) is 12.0. The number of guanidine groups is 1. The van der Waals surface area contributed by atoms with Crippen LogP contribution in [0.1, 0.15) is 43.6 Å². The number of aliphatic imine (C=N–C) groups is 1. The van der Waals surface area contributed by atoms with Gasteiger partial charge in [0, 0.05) is 45.0 Å². The number of methoxy groups -OCH3 is 1. The van der Waals surface area contributed by atoms with Gasteiger partial charge in [-0.3, -0.25) is 14.5 Å². The van der Waals surface area contributed by atoms with E-state index in [1.54, 1.807) is 7.05 Å². The second-order valence-corrected chi connectivity index (χ2v) is 6.39. The van der Waals surface area contributed by atoms with Gasteiger partial charge < -0.3 is 15.0 Å². The van der Waals surface area contributed by atoms with Crippen molar-refractivity contribution in [3.8, 4) is 0 Å². The van der Waals surface area contributed by atoms with Crippen LogP contribution < -0.4 is 5.32 Å². The molecule has 1 aromatic heterocycles. The van der Waals surface area contributed by atoms with Gasteiger partial charge in [0.1, 0.15) is 0 Å². The van der Waals surface area contributed by atoms with Crippen LogP contribution in [0.2, 0.25) is 0 Å². The molecule has 1 N–H and O–H groups in total. The van der Waals surface area contributed by atoms with Crippen molar-refractivity contribution in [2.24, 2.45) is 18.0 Å². The molecule has 0 unspecified atom stereocenters. The summed E-state index contributed by atoms with van der Waals surface area (Å²) in [5.41, 5.74) is 3.69. The number of hydrogen-bond donors (Lipinski definition) is 1. The number of carbonyl (C=O) groups excluding carboxylic acids is 1. The van der Waals surface area contributed by atoms with E-state index in [-0.39, 0.29) is 35.9 Å². The zero-order valence-corrected chi connectivity index (χ0v) is 18.9. The van der Waals surface area contributed by atoms with Crippen LogP contribution in [0.3, 0.4) is 0 Å². The summed E-state index contributed by atoms with van der Waals surface area (Å²) in [5.74, 6) is 0.797. The summed E-state index contributed by atoms with van der Waals surface area (Å²) in [6, 6.07) is 0. The molecule has 8 heteroatoms. The van der Waals surface area contributed by atoms with Crippen LogP contribution >= 0.6 is 24.0 Å². The van der Waals surface area contributed by atoms with Crippen molar-refractivity contribution >= 4 is 35.9 Å². The van der Waals surface area contributed by atoms with Crippen LogP contribution in [0, 0.1) is 5.92 Å². The van der Waals surface area contributed by atoms with Gasteiger partial charge in [-0.15, -0.1) is 24.0 Å². The van der Waals surface area contributed by atoms with E-state index in [9.17, 15) is 4.79 Å². The third kappa shape index (κ3) is 5.11. The fraction of sp³-hybridized carbons (Fsp3) is 0.722. The van der Waals surface area contributed by atoms with E-state index in [0.29, 0.717) is 0 Å². The van der Waals surface area contributed by atoms with Gasteiger partial charge in [-0.25, -0.2) is 0 Å². The van der Waals surface area contributed by atoms with Crippen molar-refractivity contribution in [2.75, 3.05) is 27.2 Å². The standard InChI is InChI=1S/C18H31N5O2.HI/c1-6-15-14(16(7-2)22(4)21-15)12-20-18(19-3)23-10-8-13(9-11-23)17(24)25-5;/h13H,6-12H2,1-5H3,(H,19,20);1H. The summed E-state index contributed by atoms with van der Waals surface area (Å²) in [5, 5.41) is 8.11. The molecule has 26 heavy (non-hydrogen) atoms. The second-order valence-electron chi connectivity index (χ2n) is 6.39. The van der Waals surface area contributed by atoms with E-state index in [1.165, 1.54) is 18.4 Å². The van der Waals surface area contributed by atoms with Gasteiger partial charge >= 0.3 is 5.97 Å². The van der Waals surface area contributed by atoms with E-state index in [0.717, 1.165) is 57.0 Å². The molecule has 0 atom stereocenters. The lowest BCUT2D eigenvalue weighted by Crippen LogP contribution is -2.46. The van der Waals surface area contributed by atoms with E-state index >= 15 is 0 Å². The zero-order valence-electron chi connectivity index (χ0n) is 16.5. The minimum Gasteiger partial charge on any atom is -0.469 e. The number of carbonyl (C=O) groups is 1. The van der Waals surface area contributed by atoms with E-state index < -0.39 is 0 Å². The molecule has 0 saturated carbocycles. The Kier molecular flexibility index (Phi) is 9.38. The van der Waals surface area contributed by atoms with Crippen LogP contribution in [0.4, 0.5) is 0 Å². The Morgan fingerprint density at radius 3 is 2.46 bits per heavy atom. The summed E-state index contributed by atoms with van der Waals surface area (Å²) in [6.07, 6.45) is 3.50. The molecule has 0 amide bonds. The number of rotatable bonds is 5. The molecule has 1 fully saturated rings. The van der Waals surface area contributed by atoms with E-state index in [1.807, 2.05) is 11.7 Å². The highest BCUT2D eigenvalue weighted by atomic mass is 127. The highest BCUT2D eigenvalue weighted by Gasteiger charge is 2.27. The fourth-order valence-corrected chi connectivity index (χ4v) is 3.59. The average Bonchev–Trinajstić information content (AvgIpc) is 2.96. The predicted molar refractivity (Wildman–Crippen MR) is 114 cm³/mol. The Morgan fingerprint density at radius 1 is 1.31 bits per heavy atom. The van der Waals surface area contributed by atoms with E-state index in [4.69, 9.17) is 4.74 Å². The number of aromatic nitrogens is 2. The number of nitrogens with one attached hydrogen (secondary N) is 1. The van der Waals surface area contributed by atoms with Crippen molar-refractivity contribution in [1.29, 1.82) is 0 Å². The molecule has 0 aliphatic carbocycles. The number of hydrogen-bond acceptors (Lipinski definition) is 4. The fourth-order valence-electron chi connectivity index (χ4n) is 3.59. The van der Waals surface area contributed by atoms with Crippen LogP contribution in [0.5, 0.6) is 0 Å². The highest BCUT2D eigenvalue weighted by Crippen LogP contribution is 2.19. The number of ether oxygens (including phenoxy) is 1. The van der Waals surface area contributed by atoms with Crippen molar-refractivity contribution < 1.29 is 9.53 Å². The Labute approximate surface area is 173 Å². The first kappa shape index (κ1) is 22.7. The monoisotopic (exact) mass is 477 g/mol. The molecule has 2 heterocycles. The molecule has 1 aliphatic heterocycles. The third-order valence-corrected chi connectivity index (χ3v) is 4.99. The normalized spacial score (nSPS) is 15.6. The van der Waals surface area contributed by atoms with Crippen molar-refractivity contribution in [3.05, 3.63) is 17.0 Å². The molecule has 0 radical (unpaired) electrons. The first-order valence-electron chi connectivity index (χ1n) is 9.12. The number of aryl methyl sites for hydroxylation is 2. The summed E-state index contributed by atoms with van der Waals surface area (Å²) in [7, 11) is 5.27. The predicted octanol–water partition coefficient (Wildman–Crippen LogP) is 2.12. The molecule has 0 aromatic carbocycles. The molecule has 2 rings (SSSR count). The van der Waals surface area contributed by atoms with Crippen molar-refractivity contribution in [1.82, 2.24) is 20.0 Å². The molecule has 7 nitrogen and oxygen atoms in total. The number of likely N-dealkylation sites (tertiary alicyclic amines) is 1. The van der Waals surface area contributed by atoms with Crippen molar-refractivity contribution in [2.45, 2.75) is 46.1 Å². The maximum absolute atomic E-state index is 11.7. The minimum absolute atomic E-state index is 0. The Bertz CT molecular complexity index is 621. The third-order valence-electron chi connectivity index (χ3n) is 4.99. The van der Waals surface area contributed by atoms with Gasteiger partial charge in [0.2, 0.25) is 0 Å². The Balaban J connectivity index is 0.00000338. The van der Waals surface area contributed by atoms with Crippen LogP contribution in [-0.2, 0) is 36.0 Å². The van der Waals surface area contributed by atoms with Gasteiger partial charge in [-0.1, -0.05) is 13.8 Å². The number of halogens is 1. The largest absolute Gasteiger partial charge is 0.469 e. The smallest absolute Gasteiger partial charge is 0.308 e. The highest BCUT2D eigenvalue weighted by molar-refractivity contribution is 14.0. The number of esters is 1. The molecular formula is C18H32IN5O2. The molecular weight excluding hydrogens is 445 g/mol. The summed E-state index contributed by atoms with van der Waals surface area (Å²) >= 11 is 0. The van der Waals surface area contributed by atoms with Gasteiger partial charge in [0.15, 0.2) is 5.96 Å². The SMILES string of the molecule is CCc1nn(C)c(CC)c1CNC(=NC)N1CCC(C(=O)OC)CC1.I. The molecule has 1 aliphatic rings. The minimum atomic E-state index is -0.0990. The molecule has 148 valence electrons. The molecule has 1 saturated heterocycles. The van der Waals surface area contributed by atoms with Gasteiger partial charge in [0.05, 0.1) is 18.7 Å². The summed E-state index contributed by atoms with van der Waals surface area (Å²) in [4.78, 5) is 18.3. The Hall–Kier alpha value is -1.32. The molecule has 0 spiro atoms. The van der Waals surface area contributed by atoms with Gasteiger partial charge in [-0.05, 0) is 25.7 Å². The van der Waals surface area contributed by atoms with Crippen LogP contribution in [-0.4, -0.2) is 53.9 Å². The number of piperidine rings is 1. The lowest BCUT2D eigenvalue weighted by Gasteiger charge is -2.33. The maximum atomic E-state index is 11.7. The average molecular weight is 477 g/mol. The summed E-state index contributed by atoms with van der Waals surface area (Å²) < 4.78 is 6.84. The van der Waals surface area contributed by atoms with Crippen LogP contribution in [0.25, 0.3) is 0 Å².